The first-order chi connectivity index (χ1) is 7.81. The van der Waals surface area contributed by atoms with Crippen molar-refractivity contribution < 1.29 is 4.79 Å². The second kappa shape index (κ2) is 5.41. The Bertz CT molecular complexity index is 331. The zero-order valence-electron chi connectivity index (χ0n) is 9.48. The smallest absolute Gasteiger partial charge is 0.265 e. The lowest BCUT2D eigenvalue weighted by atomic mass is 9.97. The number of likely N-dealkylation sites (tertiary alicyclic amines) is 1. The summed E-state index contributed by atoms with van der Waals surface area (Å²) in [5.41, 5.74) is 1.71. The van der Waals surface area contributed by atoms with Crippen molar-refractivity contribution >= 4 is 17.2 Å². The van der Waals surface area contributed by atoms with Crippen LogP contribution >= 0.6 is 11.3 Å². The largest absolute Gasteiger partial charge is 0.338 e. The molecular weight excluding hydrogens is 222 g/mol. The third-order valence-corrected chi connectivity index (χ3v) is 3.80. The molecule has 1 aliphatic rings. The highest BCUT2D eigenvalue weighted by Crippen LogP contribution is 2.19. The van der Waals surface area contributed by atoms with Gasteiger partial charge < -0.3 is 10.2 Å². The molecule has 0 atom stereocenters. The van der Waals surface area contributed by atoms with Crippen LogP contribution in [0.2, 0.25) is 0 Å². The molecule has 0 aromatic carbocycles. The minimum atomic E-state index is 0.144. The Hall–Kier alpha value is -0.940. The standard InChI is InChI=1S/C11H17N3OS/c1-12-6-9-2-4-14(5-3-9)11(15)10-7-13-8-16-10/h7-9,12H,2-6H2,1H3. The zero-order valence-corrected chi connectivity index (χ0v) is 10.3. The Kier molecular flexibility index (Phi) is 3.90. The van der Waals surface area contributed by atoms with E-state index in [1.807, 2.05) is 11.9 Å². The van der Waals surface area contributed by atoms with E-state index in [1.54, 1.807) is 11.7 Å². The topological polar surface area (TPSA) is 45.2 Å². The molecule has 4 nitrogen and oxygen atoms in total. The van der Waals surface area contributed by atoms with Crippen LogP contribution in [0.25, 0.3) is 0 Å². The lowest BCUT2D eigenvalue weighted by Crippen LogP contribution is -2.40. The van der Waals surface area contributed by atoms with E-state index in [0.717, 1.165) is 43.3 Å². The van der Waals surface area contributed by atoms with Crippen LogP contribution < -0.4 is 5.32 Å². The fourth-order valence-electron chi connectivity index (χ4n) is 2.11. The average Bonchev–Trinajstić information content (AvgIpc) is 2.83. The van der Waals surface area contributed by atoms with Gasteiger partial charge in [0.15, 0.2) is 0 Å². The van der Waals surface area contributed by atoms with E-state index in [2.05, 4.69) is 10.3 Å². The van der Waals surface area contributed by atoms with E-state index >= 15 is 0 Å². The van der Waals surface area contributed by atoms with Crippen LogP contribution in [-0.2, 0) is 0 Å². The van der Waals surface area contributed by atoms with Gasteiger partial charge >= 0.3 is 0 Å². The first-order valence-electron chi connectivity index (χ1n) is 5.63. The number of hydrogen-bond acceptors (Lipinski definition) is 4. The Morgan fingerprint density at radius 3 is 2.94 bits per heavy atom. The van der Waals surface area contributed by atoms with Gasteiger partial charge in [-0.05, 0) is 32.4 Å². The van der Waals surface area contributed by atoms with E-state index in [0.29, 0.717) is 0 Å². The highest BCUT2D eigenvalue weighted by molar-refractivity contribution is 7.11. The van der Waals surface area contributed by atoms with Gasteiger partial charge in [0, 0.05) is 13.1 Å². The average molecular weight is 239 g/mol. The number of nitrogens with one attached hydrogen (secondary N) is 1. The molecule has 1 aromatic rings. The van der Waals surface area contributed by atoms with E-state index in [1.165, 1.54) is 11.3 Å². The monoisotopic (exact) mass is 239 g/mol. The van der Waals surface area contributed by atoms with Gasteiger partial charge in [-0.1, -0.05) is 0 Å². The molecular formula is C11H17N3OS. The van der Waals surface area contributed by atoms with Crippen LogP contribution in [0.1, 0.15) is 22.5 Å². The Balaban J connectivity index is 1.87. The second-order valence-electron chi connectivity index (χ2n) is 4.16. The number of aromatic nitrogens is 1. The third kappa shape index (κ3) is 2.59. The van der Waals surface area contributed by atoms with Crippen molar-refractivity contribution in [3.05, 3.63) is 16.6 Å². The Morgan fingerprint density at radius 1 is 1.62 bits per heavy atom. The molecule has 1 aromatic heterocycles. The van der Waals surface area contributed by atoms with Crippen LogP contribution in [0.5, 0.6) is 0 Å². The number of hydrogen-bond donors (Lipinski definition) is 1. The van der Waals surface area contributed by atoms with Crippen molar-refractivity contribution in [3.8, 4) is 0 Å². The van der Waals surface area contributed by atoms with Gasteiger partial charge in [-0.15, -0.1) is 11.3 Å². The van der Waals surface area contributed by atoms with Crippen LogP contribution in [0, 0.1) is 5.92 Å². The van der Waals surface area contributed by atoms with Gasteiger partial charge in [0.05, 0.1) is 11.7 Å². The van der Waals surface area contributed by atoms with Crippen LogP contribution in [0.4, 0.5) is 0 Å². The van der Waals surface area contributed by atoms with Crippen molar-refractivity contribution in [2.24, 2.45) is 5.92 Å². The van der Waals surface area contributed by atoms with Gasteiger partial charge in [-0.2, -0.15) is 0 Å². The number of amides is 1. The molecule has 0 saturated carbocycles. The van der Waals surface area contributed by atoms with Gasteiger partial charge in [0.1, 0.15) is 4.88 Å². The van der Waals surface area contributed by atoms with E-state index in [9.17, 15) is 4.79 Å². The van der Waals surface area contributed by atoms with Gasteiger partial charge in [0.25, 0.3) is 5.91 Å². The molecule has 5 heteroatoms. The summed E-state index contributed by atoms with van der Waals surface area (Å²) in [4.78, 5) is 18.7. The molecule has 16 heavy (non-hydrogen) atoms. The summed E-state index contributed by atoms with van der Waals surface area (Å²) in [5.74, 6) is 0.862. The summed E-state index contributed by atoms with van der Waals surface area (Å²) >= 11 is 1.42. The minimum absolute atomic E-state index is 0.144. The maximum Gasteiger partial charge on any atom is 0.265 e. The van der Waals surface area contributed by atoms with Gasteiger partial charge in [0.2, 0.25) is 0 Å². The third-order valence-electron chi connectivity index (χ3n) is 3.04. The quantitative estimate of drug-likeness (QED) is 0.862. The molecule has 2 heterocycles. The molecule has 0 bridgehead atoms. The summed E-state index contributed by atoms with van der Waals surface area (Å²) in [7, 11) is 1.98. The molecule has 0 aliphatic carbocycles. The fourth-order valence-corrected chi connectivity index (χ4v) is 2.69. The molecule has 88 valence electrons. The summed E-state index contributed by atoms with van der Waals surface area (Å²) in [6, 6.07) is 0. The number of rotatable bonds is 3. The zero-order chi connectivity index (χ0) is 11.4. The van der Waals surface area contributed by atoms with Gasteiger partial charge in [-0.25, -0.2) is 0 Å². The molecule has 2 rings (SSSR count). The number of nitrogens with zero attached hydrogens (tertiary/aromatic N) is 2. The Morgan fingerprint density at radius 2 is 2.38 bits per heavy atom. The molecule has 1 N–H and O–H groups in total. The van der Waals surface area contributed by atoms with E-state index in [-0.39, 0.29) is 5.91 Å². The van der Waals surface area contributed by atoms with Crippen molar-refractivity contribution in [1.82, 2.24) is 15.2 Å². The molecule has 1 aliphatic heterocycles. The van der Waals surface area contributed by atoms with Crippen molar-refractivity contribution in [2.45, 2.75) is 12.8 Å². The molecule has 0 spiro atoms. The lowest BCUT2D eigenvalue weighted by Gasteiger charge is -2.31. The molecule has 1 saturated heterocycles. The summed E-state index contributed by atoms with van der Waals surface area (Å²) in [6.07, 6.45) is 3.86. The van der Waals surface area contributed by atoms with Crippen molar-refractivity contribution in [3.63, 3.8) is 0 Å². The van der Waals surface area contributed by atoms with Crippen LogP contribution in [-0.4, -0.2) is 42.5 Å². The first-order valence-corrected chi connectivity index (χ1v) is 6.51. The van der Waals surface area contributed by atoms with Crippen molar-refractivity contribution in [2.75, 3.05) is 26.7 Å². The Labute approximate surface area is 99.7 Å². The fraction of sp³-hybridized carbons (Fsp3) is 0.636. The summed E-state index contributed by atoms with van der Waals surface area (Å²) in [6.45, 7) is 2.81. The minimum Gasteiger partial charge on any atom is -0.338 e. The molecule has 1 fully saturated rings. The second-order valence-corrected chi connectivity index (χ2v) is 5.05. The summed E-state index contributed by atoms with van der Waals surface area (Å²) < 4.78 is 0. The number of carbonyl (C=O) groups excluding carboxylic acids is 1. The normalized spacial score (nSPS) is 17.7. The number of carbonyl (C=O) groups is 1. The van der Waals surface area contributed by atoms with Gasteiger partial charge in [-0.3, -0.25) is 9.78 Å². The van der Waals surface area contributed by atoms with E-state index in [4.69, 9.17) is 0 Å². The lowest BCUT2D eigenvalue weighted by molar-refractivity contribution is 0.0695. The first kappa shape index (κ1) is 11.5. The molecule has 0 unspecified atom stereocenters. The van der Waals surface area contributed by atoms with Crippen LogP contribution in [0.3, 0.4) is 0 Å². The molecule has 1 amide bonds. The number of piperidine rings is 1. The predicted molar refractivity (Wildman–Crippen MR) is 64.7 cm³/mol. The SMILES string of the molecule is CNCC1CCN(C(=O)c2cncs2)CC1. The number of thiazole rings is 1. The van der Waals surface area contributed by atoms with Crippen LogP contribution in [0.15, 0.2) is 11.7 Å². The van der Waals surface area contributed by atoms with E-state index < -0.39 is 0 Å². The molecule has 0 radical (unpaired) electrons. The maximum atomic E-state index is 12.0. The summed E-state index contributed by atoms with van der Waals surface area (Å²) in [5, 5.41) is 3.20. The van der Waals surface area contributed by atoms with Crippen molar-refractivity contribution in [1.29, 1.82) is 0 Å². The highest BCUT2D eigenvalue weighted by atomic mass is 32.1. The highest BCUT2D eigenvalue weighted by Gasteiger charge is 2.23. The predicted octanol–water partition coefficient (Wildman–Crippen LogP) is 1.21. The maximum absolute atomic E-state index is 12.0.